The van der Waals surface area contributed by atoms with Crippen LogP contribution < -0.4 is 19.8 Å². The van der Waals surface area contributed by atoms with E-state index in [9.17, 15) is 4.79 Å². The maximum atomic E-state index is 13.9. The fourth-order valence-electron chi connectivity index (χ4n) is 4.61. The minimum atomic E-state index is -0.253. The summed E-state index contributed by atoms with van der Waals surface area (Å²) < 4.78 is 23.6. The predicted molar refractivity (Wildman–Crippen MR) is 156 cm³/mol. The number of nitrogens with one attached hydrogen (secondary N) is 1. The summed E-state index contributed by atoms with van der Waals surface area (Å²) >= 11 is 1.31. The molecular formula is C30H25N5O5S. The van der Waals surface area contributed by atoms with Gasteiger partial charge in [0, 0.05) is 11.8 Å². The molecule has 0 fully saturated rings. The number of thioether (sulfide) groups is 1. The van der Waals surface area contributed by atoms with E-state index in [1.54, 1.807) is 44.2 Å². The first-order chi connectivity index (χ1) is 20.1. The van der Waals surface area contributed by atoms with Crippen LogP contribution in [0.2, 0.25) is 0 Å². The largest absolute Gasteiger partial charge is 0.495 e. The first-order valence-electron chi connectivity index (χ1n) is 12.6. The fourth-order valence-corrected chi connectivity index (χ4v) is 5.45. The molecule has 0 aliphatic heterocycles. The van der Waals surface area contributed by atoms with Crippen molar-refractivity contribution in [1.82, 2.24) is 24.7 Å². The Labute approximate surface area is 238 Å². The summed E-state index contributed by atoms with van der Waals surface area (Å²) in [5, 5.41) is 4.60. The van der Waals surface area contributed by atoms with Crippen LogP contribution in [0, 0.1) is 0 Å². The van der Waals surface area contributed by atoms with Crippen LogP contribution in [0.4, 0.5) is 0 Å². The zero-order valence-electron chi connectivity index (χ0n) is 22.5. The lowest BCUT2D eigenvalue weighted by Gasteiger charge is -2.14. The molecule has 41 heavy (non-hydrogen) atoms. The molecule has 0 saturated carbocycles. The molecular weight excluding hydrogens is 542 g/mol. The Morgan fingerprint density at radius 1 is 0.854 bits per heavy atom. The second kappa shape index (κ2) is 11.2. The first-order valence-corrected chi connectivity index (χ1v) is 13.6. The molecule has 6 aromatic rings. The van der Waals surface area contributed by atoms with Gasteiger partial charge in [-0.05, 0) is 29.8 Å². The van der Waals surface area contributed by atoms with Gasteiger partial charge >= 0.3 is 0 Å². The standard InChI is InChI=1S/C30H25N5O5S/c1-37-22-14-8-7-13-21(22)35-29(36)26-25(20(16-31-26)18-10-5-4-6-11-18)33-30(35)41-17-24-32-28(34-40-24)19-12-9-15-23(38-2)27(19)39-3/h4-16,31H,17H2,1-3H3. The number of benzene rings is 3. The third-order valence-electron chi connectivity index (χ3n) is 6.52. The minimum Gasteiger partial charge on any atom is -0.495 e. The Kier molecular flexibility index (Phi) is 7.17. The first kappa shape index (κ1) is 26.2. The number of aromatic amines is 1. The molecule has 0 amide bonds. The van der Waals surface area contributed by atoms with E-state index in [4.69, 9.17) is 23.7 Å². The highest BCUT2D eigenvalue weighted by atomic mass is 32.2. The Morgan fingerprint density at radius 2 is 1.61 bits per heavy atom. The lowest BCUT2D eigenvalue weighted by atomic mass is 10.1. The van der Waals surface area contributed by atoms with E-state index in [0.717, 1.165) is 11.1 Å². The second-order valence-electron chi connectivity index (χ2n) is 8.84. The quantitative estimate of drug-likeness (QED) is 0.172. The number of para-hydroxylation sites is 3. The molecule has 3 heterocycles. The van der Waals surface area contributed by atoms with Crippen LogP contribution in [0.5, 0.6) is 17.2 Å². The molecule has 10 nitrogen and oxygen atoms in total. The SMILES string of the molecule is COc1ccccc1-n1c(SCc2nc(-c3cccc(OC)c3OC)no2)nc2c(-c3ccccc3)c[nH]c2c1=O. The van der Waals surface area contributed by atoms with Gasteiger partial charge in [0.25, 0.3) is 5.56 Å². The van der Waals surface area contributed by atoms with Crippen LogP contribution in [0.25, 0.3) is 39.2 Å². The average Bonchev–Trinajstić information content (AvgIpc) is 3.68. The maximum absolute atomic E-state index is 13.9. The van der Waals surface area contributed by atoms with Crippen molar-refractivity contribution in [3.05, 3.63) is 95.2 Å². The highest BCUT2D eigenvalue weighted by molar-refractivity contribution is 7.98. The summed E-state index contributed by atoms with van der Waals surface area (Å²) in [4.78, 5) is 26.6. The molecule has 206 valence electrons. The van der Waals surface area contributed by atoms with Gasteiger partial charge in [-0.25, -0.2) is 9.55 Å². The lowest BCUT2D eigenvalue weighted by molar-refractivity contribution is 0.355. The average molecular weight is 568 g/mol. The number of fused-ring (bicyclic) bond motifs is 1. The Morgan fingerprint density at radius 3 is 2.39 bits per heavy atom. The van der Waals surface area contributed by atoms with Crippen LogP contribution in [-0.4, -0.2) is 46.0 Å². The summed E-state index contributed by atoms with van der Waals surface area (Å²) in [5.74, 6) is 2.58. The van der Waals surface area contributed by atoms with Crippen molar-refractivity contribution < 1.29 is 18.7 Å². The topological polar surface area (TPSA) is 117 Å². The number of rotatable bonds is 9. The predicted octanol–water partition coefficient (Wildman–Crippen LogP) is 5.75. The zero-order valence-corrected chi connectivity index (χ0v) is 23.3. The molecule has 0 unspecified atom stereocenters. The van der Waals surface area contributed by atoms with E-state index >= 15 is 0 Å². The van der Waals surface area contributed by atoms with Gasteiger partial charge in [0.1, 0.15) is 16.8 Å². The van der Waals surface area contributed by atoms with E-state index < -0.39 is 0 Å². The van der Waals surface area contributed by atoms with Crippen molar-refractivity contribution in [1.29, 1.82) is 0 Å². The van der Waals surface area contributed by atoms with Crippen molar-refractivity contribution in [3.63, 3.8) is 0 Å². The highest BCUT2D eigenvalue weighted by Crippen LogP contribution is 2.37. The summed E-state index contributed by atoms with van der Waals surface area (Å²) in [7, 11) is 4.69. The summed E-state index contributed by atoms with van der Waals surface area (Å²) in [6, 6.07) is 22.6. The molecule has 3 aromatic carbocycles. The third-order valence-corrected chi connectivity index (χ3v) is 7.44. The highest BCUT2D eigenvalue weighted by Gasteiger charge is 2.22. The number of ether oxygens (including phenoxy) is 3. The van der Waals surface area contributed by atoms with Gasteiger partial charge < -0.3 is 23.7 Å². The van der Waals surface area contributed by atoms with Gasteiger partial charge in [-0.2, -0.15) is 4.98 Å². The van der Waals surface area contributed by atoms with Crippen molar-refractivity contribution in [2.24, 2.45) is 0 Å². The normalized spacial score (nSPS) is 11.1. The molecule has 0 atom stereocenters. The molecule has 0 aliphatic carbocycles. The Bertz CT molecular complexity index is 1900. The molecule has 11 heteroatoms. The monoisotopic (exact) mass is 567 g/mol. The second-order valence-corrected chi connectivity index (χ2v) is 9.78. The van der Waals surface area contributed by atoms with E-state index in [-0.39, 0.29) is 11.3 Å². The smallest absolute Gasteiger partial charge is 0.283 e. The van der Waals surface area contributed by atoms with Crippen molar-refractivity contribution in [3.8, 4) is 45.5 Å². The minimum absolute atomic E-state index is 0.253. The summed E-state index contributed by atoms with van der Waals surface area (Å²) in [6.45, 7) is 0. The van der Waals surface area contributed by atoms with Crippen LogP contribution in [0.15, 0.2) is 93.5 Å². The molecule has 3 aromatic heterocycles. The van der Waals surface area contributed by atoms with Crippen LogP contribution in [0.3, 0.4) is 0 Å². The van der Waals surface area contributed by atoms with Gasteiger partial charge in [-0.1, -0.05) is 65.4 Å². The molecule has 1 N–H and O–H groups in total. The van der Waals surface area contributed by atoms with E-state index in [1.165, 1.54) is 11.8 Å². The zero-order chi connectivity index (χ0) is 28.3. The lowest BCUT2D eigenvalue weighted by Crippen LogP contribution is -2.22. The number of methoxy groups -OCH3 is 3. The Hall–Kier alpha value is -5.03. The molecule has 0 radical (unpaired) electrons. The van der Waals surface area contributed by atoms with E-state index in [2.05, 4.69) is 15.1 Å². The molecule has 0 bridgehead atoms. The summed E-state index contributed by atoms with van der Waals surface area (Å²) in [6.07, 6.45) is 1.81. The van der Waals surface area contributed by atoms with Crippen LogP contribution >= 0.6 is 11.8 Å². The van der Waals surface area contributed by atoms with Crippen LogP contribution in [-0.2, 0) is 5.75 Å². The molecule has 0 aliphatic rings. The number of hydrogen-bond donors (Lipinski definition) is 1. The van der Waals surface area contributed by atoms with Gasteiger partial charge in [0.2, 0.25) is 11.7 Å². The van der Waals surface area contributed by atoms with Crippen molar-refractivity contribution in [2.45, 2.75) is 10.9 Å². The molecule has 0 saturated heterocycles. The molecule has 6 rings (SSSR count). The number of nitrogens with zero attached hydrogens (tertiary/aromatic N) is 4. The Balaban J connectivity index is 1.43. The van der Waals surface area contributed by atoms with E-state index in [1.807, 2.05) is 60.7 Å². The van der Waals surface area contributed by atoms with Gasteiger partial charge in [-0.15, -0.1) is 0 Å². The number of H-pyrrole nitrogens is 1. The maximum Gasteiger partial charge on any atom is 0.283 e. The van der Waals surface area contributed by atoms with Crippen molar-refractivity contribution >= 4 is 22.8 Å². The van der Waals surface area contributed by atoms with Crippen LogP contribution in [0.1, 0.15) is 5.89 Å². The van der Waals surface area contributed by atoms with E-state index in [0.29, 0.717) is 56.4 Å². The van der Waals surface area contributed by atoms with Gasteiger partial charge in [-0.3, -0.25) is 4.79 Å². The number of aromatic nitrogens is 5. The van der Waals surface area contributed by atoms with Crippen molar-refractivity contribution in [2.75, 3.05) is 21.3 Å². The molecule has 0 spiro atoms. The summed E-state index contributed by atoms with van der Waals surface area (Å²) in [5.41, 5.74) is 3.70. The fraction of sp³-hybridized carbons (Fsp3) is 0.133. The van der Waals surface area contributed by atoms with Gasteiger partial charge in [0.05, 0.1) is 38.3 Å². The third kappa shape index (κ3) is 4.80. The number of hydrogen-bond acceptors (Lipinski definition) is 9. The van der Waals surface area contributed by atoms with Gasteiger partial charge in [0.15, 0.2) is 16.7 Å².